The van der Waals surface area contributed by atoms with E-state index >= 15 is 0 Å². The van der Waals surface area contributed by atoms with Gasteiger partial charge in [0.1, 0.15) is 12.5 Å². The van der Waals surface area contributed by atoms with Crippen LogP contribution in [0, 0.1) is 0 Å². The van der Waals surface area contributed by atoms with Crippen LogP contribution in [-0.4, -0.2) is 22.0 Å². The Labute approximate surface area is 38.4 Å². The van der Waals surface area contributed by atoms with Crippen molar-refractivity contribution in [2.24, 2.45) is 0 Å². The molecule has 0 rings (SSSR count). The Balaban J connectivity index is 2.75. The number of halogens is 2. The molecule has 0 nitrogen and oxygen atoms in total. The molecular weight excluding hydrogens is 102 g/mol. The molecule has 0 aliphatic carbocycles. The van der Waals surface area contributed by atoms with Crippen molar-refractivity contribution in [1.29, 1.82) is 0 Å². The normalized spacial score (nSPS) is 16.5. The predicted molar refractivity (Wildman–Crippen MR) is 25.3 cm³/mol. The molecule has 0 bridgehead atoms. The Morgan fingerprint density at radius 2 is 2.33 bits per heavy atom. The lowest BCUT2D eigenvalue weighted by Gasteiger charge is -1.90. The van der Waals surface area contributed by atoms with E-state index in [4.69, 9.17) is 0 Å². The van der Waals surface area contributed by atoms with Gasteiger partial charge in [-0.15, -0.1) is 0 Å². The van der Waals surface area contributed by atoms with Gasteiger partial charge in [-0.2, -0.15) is 0 Å². The third-order valence-electron chi connectivity index (χ3n) is 0.610. The quantitative estimate of drug-likeness (QED) is 0.453. The lowest BCUT2D eigenvalue weighted by atomic mass is 10.9. The maximum Gasteiger partial charge on any atom is 0.117 e. The zero-order valence-electron chi connectivity index (χ0n) is 3.75. The van der Waals surface area contributed by atoms with Gasteiger partial charge >= 0.3 is 0 Å². The molecule has 6 heavy (non-hydrogen) atoms. The highest BCUT2D eigenvalue weighted by Crippen LogP contribution is 1.85. The summed E-state index contributed by atoms with van der Waals surface area (Å²) in [6, 6.07) is 0. The van der Waals surface area contributed by atoms with E-state index in [9.17, 15) is 8.78 Å². The van der Waals surface area contributed by atoms with Crippen molar-refractivity contribution in [3.8, 4) is 0 Å². The standard InChI is InChI=1S/C3H8F2Si/c1-6-3(5)2-4/h3H,2,6H2,1H3. The molecule has 0 fully saturated rings. The van der Waals surface area contributed by atoms with Crippen LogP contribution in [0.4, 0.5) is 8.78 Å². The highest BCUT2D eigenvalue weighted by Gasteiger charge is 1.98. The van der Waals surface area contributed by atoms with Crippen LogP contribution in [0.2, 0.25) is 6.55 Å². The Hall–Kier alpha value is 0.0769. The van der Waals surface area contributed by atoms with Crippen molar-refractivity contribution >= 4 is 9.52 Å². The minimum absolute atomic E-state index is 0.703. The van der Waals surface area contributed by atoms with Gasteiger partial charge in [0.15, 0.2) is 0 Å². The summed E-state index contributed by atoms with van der Waals surface area (Å²) in [5.41, 5.74) is 0. The first-order valence-corrected chi connectivity index (χ1v) is 4.24. The van der Waals surface area contributed by atoms with Gasteiger partial charge in [-0.25, -0.2) is 8.78 Å². The first-order valence-electron chi connectivity index (χ1n) is 2.01. The number of rotatable bonds is 2. The monoisotopic (exact) mass is 110 g/mol. The second-order valence-electron chi connectivity index (χ2n) is 1.16. The summed E-state index contributed by atoms with van der Waals surface area (Å²) in [6.07, 6.45) is 0. The number of alkyl halides is 2. The molecule has 0 N–H and O–H groups in total. The second kappa shape index (κ2) is 3.27. The van der Waals surface area contributed by atoms with E-state index < -0.39 is 22.0 Å². The van der Waals surface area contributed by atoms with E-state index in [0.717, 1.165) is 0 Å². The fourth-order valence-corrected chi connectivity index (χ4v) is 0.327. The van der Waals surface area contributed by atoms with Gasteiger partial charge in [-0.1, -0.05) is 6.55 Å². The van der Waals surface area contributed by atoms with Crippen LogP contribution in [0.25, 0.3) is 0 Å². The Bertz CT molecular complexity index is 28.0. The van der Waals surface area contributed by atoms with Crippen molar-refractivity contribution in [1.82, 2.24) is 0 Å². The summed E-state index contributed by atoms with van der Waals surface area (Å²) in [4.78, 5) is 0. The Morgan fingerprint density at radius 1 is 1.83 bits per heavy atom. The Morgan fingerprint density at radius 3 is 2.33 bits per heavy atom. The summed E-state index contributed by atoms with van der Waals surface area (Å²) < 4.78 is 22.6. The second-order valence-corrected chi connectivity index (χ2v) is 2.86. The molecule has 0 saturated carbocycles. The van der Waals surface area contributed by atoms with E-state index in [2.05, 4.69) is 0 Å². The highest BCUT2D eigenvalue weighted by molar-refractivity contribution is 6.35. The van der Waals surface area contributed by atoms with Gasteiger partial charge in [0.25, 0.3) is 0 Å². The molecule has 0 spiro atoms. The third-order valence-corrected chi connectivity index (χ3v) is 1.71. The van der Waals surface area contributed by atoms with Crippen molar-refractivity contribution in [2.45, 2.75) is 12.3 Å². The molecule has 0 aromatic heterocycles. The Kier molecular flexibility index (Phi) is 3.32. The summed E-state index contributed by atoms with van der Waals surface area (Å²) in [5, 5.41) is 0. The van der Waals surface area contributed by atoms with Crippen molar-refractivity contribution < 1.29 is 8.78 Å². The van der Waals surface area contributed by atoms with E-state index in [1.165, 1.54) is 0 Å². The molecule has 0 amide bonds. The van der Waals surface area contributed by atoms with Crippen LogP contribution in [-0.2, 0) is 0 Å². The summed E-state index contributed by atoms with van der Waals surface area (Å²) >= 11 is 0. The van der Waals surface area contributed by atoms with Crippen molar-refractivity contribution in [3.63, 3.8) is 0 Å². The van der Waals surface area contributed by atoms with Crippen molar-refractivity contribution in [2.75, 3.05) is 6.67 Å². The summed E-state index contributed by atoms with van der Waals surface area (Å²) in [7, 11) is -0.703. The molecule has 0 saturated heterocycles. The molecule has 0 aromatic rings. The van der Waals surface area contributed by atoms with Crippen LogP contribution >= 0.6 is 0 Å². The average Bonchev–Trinajstić information content (AvgIpc) is 1.65. The van der Waals surface area contributed by atoms with E-state index in [1.54, 1.807) is 6.55 Å². The minimum atomic E-state index is -1.09. The van der Waals surface area contributed by atoms with E-state index in [1.807, 2.05) is 0 Å². The fourth-order valence-electron chi connectivity index (χ4n) is 0.109. The third kappa shape index (κ3) is 2.32. The summed E-state index contributed by atoms with van der Waals surface area (Å²) in [6.45, 7) is 0.979. The maximum absolute atomic E-state index is 11.5. The smallest absolute Gasteiger partial charge is 0.117 e. The van der Waals surface area contributed by atoms with E-state index in [-0.39, 0.29) is 0 Å². The van der Waals surface area contributed by atoms with Crippen LogP contribution in [0.3, 0.4) is 0 Å². The van der Waals surface area contributed by atoms with E-state index in [0.29, 0.717) is 0 Å². The van der Waals surface area contributed by atoms with Crippen LogP contribution < -0.4 is 0 Å². The van der Waals surface area contributed by atoms with Gasteiger partial charge in [0.2, 0.25) is 0 Å². The van der Waals surface area contributed by atoms with Gasteiger partial charge < -0.3 is 0 Å². The largest absolute Gasteiger partial charge is 0.249 e. The molecule has 0 radical (unpaired) electrons. The van der Waals surface area contributed by atoms with Crippen LogP contribution in [0.15, 0.2) is 0 Å². The maximum atomic E-state index is 11.5. The first-order chi connectivity index (χ1) is 2.81. The van der Waals surface area contributed by atoms with Gasteiger partial charge in [-0.05, 0) is 0 Å². The predicted octanol–water partition coefficient (Wildman–Crippen LogP) is 0.468. The average molecular weight is 110 g/mol. The van der Waals surface area contributed by atoms with Crippen LogP contribution in [0.1, 0.15) is 0 Å². The van der Waals surface area contributed by atoms with Crippen molar-refractivity contribution in [3.05, 3.63) is 0 Å². The topological polar surface area (TPSA) is 0 Å². The molecule has 0 aliphatic heterocycles. The molecule has 0 heterocycles. The number of hydrogen-bond donors (Lipinski definition) is 0. The number of hydrogen-bond acceptors (Lipinski definition) is 0. The fraction of sp³-hybridized carbons (Fsp3) is 1.00. The lowest BCUT2D eigenvalue weighted by molar-refractivity contribution is 0.338. The van der Waals surface area contributed by atoms with Crippen LogP contribution in [0.5, 0.6) is 0 Å². The minimum Gasteiger partial charge on any atom is -0.249 e. The molecule has 1 unspecified atom stereocenters. The van der Waals surface area contributed by atoms with Gasteiger partial charge in [0.05, 0.1) is 9.52 Å². The highest BCUT2D eigenvalue weighted by atomic mass is 28.2. The van der Waals surface area contributed by atoms with Gasteiger partial charge in [0, 0.05) is 0 Å². The molecule has 0 aromatic carbocycles. The first kappa shape index (κ1) is 6.08. The summed E-state index contributed by atoms with van der Waals surface area (Å²) in [5.74, 6) is -1.09. The molecule has 38 valence electrons. The molecule has 0 aliphatic rings. The molecular formula is C3H8F2Si. The zero-order chi connectivity index (χ0) is 4.99. The zero-order valence-corrected chi connectivity index (χ0v) is 5.16. The molecule has 1 atom stereocenters. The molecule has 3 heteroatoms. The van der Waals surface area contributed by atoms with Gasteiger partial charge in [-0.3, -0.25) is 0 Å². The SMILES string of the molecule is C[SiH2]C(F)CF. The lowest BCUT2D eigenvalue weighted by Crippen LogP contribution is -2.08.